The summed E-state index contributed by atoms with van der Waals surface area (Å²) in [7, 11) is 0. The molecule has 1 atom stereocenters. The number of rotatable bonds is 3. The number of phenols is 1. The summed E-state index contributed by atoms with van der Waals surface area (Å²) in [5, 5.41) is 12.7. The first-order valence-electron chi connectivity index (χ1n) is 5.47. The fourth-order valence-electron chi connectivity index (χ4n) is 1.66. The van der Waals surface area contributed by atoms with Crippen molar-refractivity contribution in [2.75, 3.05) is 5.32 Å². The largest absolute Gasteiger partial charge is 0.508 e. The van der Waals surface area contributed by atoms with Crippen molar-refractivity contribution in [1.82, 2.24) is 0 Å². The summed E-state index contributed by atoms with van der Waals surface area (Å²) < 4.78 is 1.20. The Bertz CT molecular complexity index is 496. The summed E-state index contributed by atoms with van der Waals surface area (Å²) >= 11 is 2.32. The van der Waals surface area contributed by atoms with Gasteiger partial charge in [0.1, 0.15) is 5.75 Å². The van der Waals surface area contributed by atoms with Gasteiger partial charge in [-0.15, -0.1) is 0 Å². The van der Waals surface area contributed by atoms with Gasteiger partial charge in [-0.05, 0) is 59.3 Å². The van der Waals surface area contributed by atoms with Crippen LogP contribution in [0.5, 0.6) is 5.75 Å². The number of halogens is 1. The highest BCUT2D eigenvalue weighted by Crippen LogP contribution is 2.24. The third-order valence-corrected chi connectivity index (χ3v) is 3.58. The van der Waals surface area contributed by atoms with Gasteiger partial charge >= 0.3 is 0 Å². The number of hydrogen-bond donors (Lipinski definition) is 2. The topological polar surface area (TPSA) is 32.3 Å². The number of nitrogens with one attached hydrogen (secondary N) is 1. The molecule has 2 N–H and O–H groups in total. The van der Waals surface area contributed by atoms with Crippen molar-refractivity contribution in [1.29, 1.82) is 0 Å². The fourth-order valence-corrected chi connectivity index (χ4v) is 2.20. The molecule has 2 nitrogen and oxygen atoms in total. The zero-order chi connectivity index (χ0) is 12.3. The highest BCUT2D eigenvalue weighted by atomic mass is 127. The molecule has 0 aromatic heterocycles. The molecule has 2 aromatic rings. The van der Waals surface area contributed by atoms with E-state index in [0.29, 0.717) is 5.75 Å². The summed E-state index contributed by atoms with van der Waals surface area (Å²) in [6.07, 6.45) is 0. The minimum atomic E-state index is 0.214. The molecule has 88 valence electrons. The van der Waals surface area contributed by atoms with E-state index < -0.39 is 0 Å². The zero-order valence-corrected chi connectivity index (χ0v) is 11.7. The Morgan fingerprint density at radius 2 is 1.71 bits per heavy atom. The predicted molar refractivity (Wildman–Crippen MR) is 79.3 cm³/mol. The van der Waals surface area contributed by atoms with Crippen LogP contribution in [0.4, 0.5) is 5.69 Å². The van der Waals surface area contributed by atoms with E-state index in [0.717, 1.165) is 11.3 Å². The summed E-state index contributed by atoms with van der Waals surface area (Å²) in [4.78, 5) is 0. The third kappa shape index (κ3) is 3.12. The molecule has 0 aliphatic carbocycles. The Morgan fingerprint density at radius 1 is 1.06 bits per heavy atom. The van der Waals surface area contributed by atoms with Gasteiger partial charge in [0, 0.05) is 15.3 Å². The van der Waals surface area contributed by atoms with Gasteiger partial charge in [0.05, 0.1) is 0 Å². The van der Waals surface area contributed by atoms with Crippen molar-refractivity contribution in [3.63, 3.8) is 0 Å². The molecule has 0 radical (unpaired) electrons. The second-order valence-corrected chi connectivity index (χ2v) is 5.10. The number of phenolic OH excluding ortho intramolecular Hbond substituents is 1. The minimum Gasteiger partial charge on any atom is -0.508 e. The monoisotopic (exact) mass is 339 g/mol. The summed E-state index contributed by atoms with van der Waals surface area (Å²) in [6, 6.07) is 15.7. The van der Waals surface area contributed by atoms with Crippen molar-refractivity contribution in [2.45, 2.75) is 13.0 Å². The maximum Gasteiger partial charge on any atom is 0.115 e. The van der Waals surface area contributed by atoms with Gasteiger partial charge in [-0.1, -0.05) is 24.3 Å². The van der Waals surface area contributed by atoms with E-state index in [1.54, 1.807) is 12.1 Å². The molecule has 0 spiro atoms. The van der Waals surface area contributed by atoms with Crippen LogP contribution in [0, 0.1) is 3.57 Å². The van der Waals surface area contributed by atoms with E-state index in [1.807, 2.05) is 24.3 Å². The Labute approximate surface area is 115 Å². The molecular formula is C14H14INO. The third-order valence-electron chi connectivity index (χ3n) is 2.64. The summed E-state index contributed by atoms with van der Waals surface area (Å²) in [5.74, 6) is 0.301. The van der Waals surface area contributed by atoms with Crippen LogP contribution < -0.4 is 5.32 Å². The summed E-state index contributed by atoms with van der Waals surface area (Å²) in [5.41, 5.74) is 2.29. The van der Waals surface area contributed by atoms with Gasteiger partial charge in [-0.3, -0.25) is 0 Å². The lowest BCUT2D eigenvalue weighted by Gasteiger charge is -2.16. The SMILES string of the molecule is CC(Nc1ccccc1I)c1ccc(O)cc1. The first kappa shape index (κ1) is 12.2. The summed E-state index contributed by atoms with van der Waals surface area (Å²) in [6.45, 7) is 2.11. The molecule has 0 fully saturated rings. The highest BCUT2D eigenvalue weighted by molar-refractivity contribution is 14.1. The van der Waals surface area contributed by atoms with Gasteiger partial charge < -0.3 is 10.4 Å². The zero-order valence-electron chi connectivity index (χ0n) is 9.52. The Morgan fingerprint density at radius 3 is 2.35 bits per heavy atom. The molecule has 0 amide bonds. The first-order valence-corrected chi connectivity index (χ1v) is 6.54. The number of anilines is 1. The van der Waals surface area contributed by atoms with Crippen molar-refractivity contribution in [2.24, 2.45) is 0 Å². The molecule has 0 aliphatic rings. The van der Waals surface area contributed by atoms with Crippen molar-refractivity contribution in [3.8, 4) is 5.75 Å². The lowest BCUT2D eigenvalue weighted by atomic mass is 10.1. The van der Waals surface area contributed by atoms with Crippen LogP contribution in [-0.4, -0.2) is 5.11 Å². The van der Waals surface area contributed by atoms with Crippen LogP contribution in [0.1, 0.15) is 18.5 Å². The molecular weight excluding hydrogens is 325 g/mol. The number of hydrogen-bond acceptors (Lipinski definition) is 2. The molecule has 0 heterocycles. The lowest BCUT2D eigenvalue weighted by Crippen LogP contribution is -2.07. The second kappa shape index (κ2) is 5.40. The quantitative estimate of drug-likeness (QED) is 0.823. The van der Waals surface area contributed by atoms with E-state index in [2.05, 4.69) is 47.0 Å². The van der Waals surface area contributed by atoms with E-state index in [9.17, 15) is 5.11 Å². The molecule has 0 bridgehead atoms. The molecule has 0 saturated carbocycles. The molecule has 2 rings (SSSR count). The molecule has 3 heteroatoms. The smallest absolute Gasteiger partial charge is 0.115 e. The normalized spacial score (nSPS) is 12.1. The van der Waals surface area contributed by atoms with Crippen LogP contribution in [-0.2, 0) is 0 Å². The number of benzene rings is 2. The van der Waals surface area contributed by atoms with Gasteiger partial charge in [0.15, 0.2) is 0 Å². The maximum atomic E-state index is 9.25. The molecule has 17 heavy (non-hydrogen) atoms. The van der Waals surface area contributed by atoms with Crippen LogP contribution in [0.2, 0.25) is 0 Å². The van der Waals surface area contributed by atoms with E-state index in [-0.39, 0.29) is 6.04 Å². The minimum absolute atomic E-state index is 0.214. The lowest BCUT2D eigenvalue weighted by molar-refractivity contribution is 0.475. The van der Waals surface area contributed by atoms with Gasteiger partial charge in [-0.25, -0.2) is 0 Å². The number of para-hydroxylation sites is 1. The van der Waals surface area contributed by atoms with E-state index in [1.165, 1.54) is 3.57 Å². The van der Waals surface area contributed by atoms with Crippen LogP contribution in [0.25, 0.3) is 0 Å². The first-order chi connectivity index (χ1) is 8.16. The van der Waals surface area contributed by atoms with Crippen LogP contribution in [0.3, 0.4) is 0 Å². The number of aromatic hydroxyl groups is 1. The van der Waals surface area contributed by atoms with Crippen LogP contribution in [0.15, 0.2) is 48.5 Å². The second-order valence-electron chi connectivity index (χ2n) is 3.94. The van der Waals surface area contributed by atoms with Crippen molar-refractivity contribution >= 4 is 28.3 Å². The van der Waals surface area contributed by atoms with Gasteiger partial charge in [0.2, 0.25) is 0 Å². The highest BCUT2D eigenvalue weighted by Gasteiger charge is 2.06. The van der Waals surface area contributed by atoms with E-state index in [4.69, 9.17) is 0 Å². The molecule has 0 aliphatic heterocycles. The standard InChI is InChI=1S/C14H14INO/c1-10(11-6-8-12(17)9-7-11)16-14-5-3-2-4-13(14)15/h2-10,16-17H,1H3. The Balaban J connectivity index is 2.14. The Kier molecular flexibility index (Phi) is 3.89. The fraction of sp³-hybridized carbons (Fsp3) is 0.143. The molecule has 2 aromatic carbocycles. The van der Waals surface area contributed by atoms with Crippen LogP contribution >= 0.6 is 22.6 Å². The van der Waals surface area contributed by atoms with E-state index >= 15 is 0 Å². The molecule has 0 saturated heterocycles. The van der Waals surface area contributed by atoms with Gasteiger partial charge in [-0.2, -0.15) is 0 Å². The average molecular weight is 339 g/mol. The van der Waals surface area contributed by atoms with Crippen molar-refractivity contribution in [3.05, 3.63) is 57.7 Å². The van der Waals surface area contributed by atoms with Crippen molar-refractivity contribution < 1.29 is 5.11 Å². The van der Waals surface area contributed by atoms with Gasteiger partial charge in [0.25, 0.3) is 0 Å². The predicted octanol–water partition coefficient (Wildman–Crippen LogP) is 4.17. The maximum absolute atomic E-state index is 9.25. The Hall–Kier alpha value is -1.23. The molecule has 1 unspecified atom stereocenters. The average Bonchev–Trinajstić information content (AvgIpc) is 2.33.